The molecule has 1 aliphatic carbocycles. The summed E-state index contributed by atoms with van der Waals surface area (Å²) in [5.41, 5.74) is 2.49. The van der Waals surface area contributed by atoms with Gasteiger partial charge in [0, 0.05) is 30.1 Å². The largest absolute Gasteiger partial charge is 0.324 e. The van der Waals surface area contributed by atoms with Crippen molar-refractivity contribution in [2.75, 3.05) is 5.32 Å². The lowest BCUT2D eigenvalue weighted by molar-refractivity contribution is 0.897. The molecule has 0 unspecified atom stereocenters. The molecule has 134 valence electrons. The van der Waals surface area contributed by atoms with E-state index in [1.807, 2.05) is 18.3 Å². The number of anilines is 2. The SMILES string of the molecule is Clc1cccc(Cl)c1-n1cc2c(Nc3cc(C4CC4)ncn3)nccc2n1. The molecular formula is C19H14Cl2N6. The number of rotatable bonds is 4. The van der Waals surface area contributed by atoms with Crippen molar-refractivity contribution >= 4 is 45.7 Å². The summed E-state index contributed by atoms with van der Waals surface area (Å²) in [6.07, 6.45) is 7.54. The van der Waals surface area contributed by atoms with Gasteiger partial charge in [-0.2, -0.15) is 5.10 Å². The fourth-order valence-corrected chi connectivity index (χ4v) is 3.60. The Morgan fingerprint density at radius 3 is 2.63 bits per heavy atom. The van der Waals surface area contributed by atoms with Crippen LogP contribution in [0.3, 0.4) is 0 Å². The molecule has 1 N–H and O–H groups in total. The van der Waals surface area contributed by atoms with Gasteiger partial charge in [0.2, 0.25) is 0 Å². The van der Waals surface area contributed by atoms with E-state index >= 15 is 0 Å². The molecule has 5 rings (SSSR count). The number of halogens is 2. The molecule has 3 aromatic heterocycles. The van der Waals surface area contributed by atoms with Crippen LogP contribution in [0.4, 0.5) is 11.6 Å². The van der Waals surface area contributed by atoms with Crippen LogP contribution in [-0.4, -0.2) is 24.7 Å². The van der Waals surface area contributed by atoms with Crippen molar-refractivity contribution in [3.05, 3.63) is 64.8 Å². The van der Waals surface area contributed by atoms with Crippen LogP contribution in [0, 0.1) is 0 Å². The van der Waals surface area contributed by atoms with Crippen LogP contribution >= 0.6 is 23.2 Å². The molecule has 0 bridgehead atoms. The minimum atomic E-state index is 0.530. The second kappa shape index (κ2) is 6.48. The highest BCUT2D eigenvalue weighted by atomic mass is 35.5. The Morgan fingerprint density at radius 1 is 1.04 bits per heavy atom. The number of nitrogens with zero attached hydrogens (tertiary/aromatic N) is 5. The van der Waals surface area contributed by atoms with Crippen molar-refractivity contribution in [2.24, 2.45) is 0 Å². The van der Waals surface area contributed by atoms with E-state index in [2.05, 4.69) is 25.4 Å². The van der Waals surface area contributed by atoms with Crippen molar-refractivity contribution in [1.82, 2.24) is 24.7 Å². The number of fused-ring (bicyclic) bond motifs is 1. The highest BCUT2D eigenvalue weighted by Gasteiger charge is 2.25. The Bertz CT molecular complexity index is 1130. The lowest BCUT2D eigenvalue weighted by Gasteiger charge is -2.06. The van der Waals surface area contributed by atoms with E-state index in [1.165, 1.54) is 12.8 Å². The normalized spacial score (nSPS) is 13.9. The second-order valence-electron chi connectivity index (χ2n) is 6.46. The van der Waals surface area contributed by atoms with Gasteiger partial charge in [0.25, 0.3) is 0 Å². The molecule has 1 saturated carbocycles. The Hall–Kier alpha value is -2.70. The average Bonchev–Trinajstić information content (AvgIpc) is 3.42. The van der Waals surface area contributed by atoms with Crippen LogP contribution in [0.15, 0.2) is 49.1 Å². The number of hydrogen-bond acceptors (Lipinski definition) is 5. The molecule has 8 heteroatoms. The molecule has 1 aromatic carbocycles. The van der Waals surface area contributed by atoms with Crippen molar-refractivity contribution < 1.29 is 0 Å². The number of aromatic nitrogens is 5. The third-order valence-electron chi connectivity index (χ3n) is 4.53. The van der Waals surface area contributed by atoms with E-state index in [9.17, 15) is 0 Å². The smallest absolute Gasteiger partial charge is 0.142 e. The highest BCUT2D eigenvalue weighted by molar-refractivity contribution is 6.37. The first-order valence-corrected chi connectivity index (χ1v) is 9.32. The minimum absolute atomic E-state index is 0.530. The molecular weight excluding hydrogens is 383 g/mol. The number of nitrogens with one attached hydrogen (secondary N) is 1. The molecule has 6 nitrogen and oxygen atoms in total. The molecule has 4 aromatic rings. The summed E-state index contributed by atoms with van der Waals surface area (Å²) in [5, 5.41) is 9.79. The van der Waals surface area contributed by atoms with Gasteiger partial charge < -0.3 is 5.32 Å². The summed E-state index contributed by atoms with van der Waals surface area (Å²) >= 11 is 12.6. The highest BCUT2D eigenvalue weighted by Crippen LogP contribution is 2.39. The van der Waals surface area contributed by atoms with Gasteiger partial charge in [-0.1, -0.05) is 29.3 Å². The third-order valence-corrected chi connectivity index (χ3v) is 5.14. The van der Waals surface area contributed by atoms with Gasteiger partial charge in [-0.3, -0.25) is 0 Å². The number of benzene rings is 1. The third kappa shape index (κ3) is 3.11. The zero-order valence-electron chi connectivity index (χ0n) is 14.1. The van der Waals surface area contributed by atoms with Gasteiger partial charge in [-0.25, -0.2) is 19.6 Å². The van der Waals surface area contributed by atoms with E-state index in [-0.39, 0.29) is 0 Å². The molecule has 27 heavy (non-hydrogen) atoms. The van der Waals surface area contributed by atoms with Crippen molar-refractivity contribution in [3.8, 4) is 5.69 Å². The van der Waals surface area contributed by atoms with Gasteiger partial charge >= 0.3 is 0 Å². The predicted octanol–water partition coefficient (Wildman–Crippen LogP) is 5.14. The van der Waals surface area contributed by atoms with Gasteiger partial charge in [0.15, 0.2) is 0 Å². The zero-order valence-corrected chi connectivity index (χ0v) is 15.6. The molecule has 3 heterocycles. The number of hydrogen-bond donors (Lipinski definition) is 1. The Labute approximate surface area is 165 Å². The van der Waals surface area contributed by atoms with E-state index in [0.29, 0.717) is 27.5 Å². The number of para-hydroxylation sites is 1. The average molecular weight is 397 g/mol. The quantitative estimate of drug-likeness (QED) is 0.517. The Balaban J connectivity index is 1.56. The maximum Gasteiger partial charge on any atom is 0.142 e. The number of pyridine rings is 1. The van der Waals surface area contributed by atoms with Crippen LogP contribution in [0.5, 0.6) is 0 Å². The monoisotopic (exact) mass is 396 g/mol. The molecule has 1 fully saturated rings. The van der Waals surface area contributed by atoms with Crippen LogP contribution < -0.4 is 5.32 Å². The molecule has 0 atom stereocenters. The first-order chi connectivity index (χ1) is 13.2. The van der Waals surface area contributed by atoms with Crippen molar-refractivity contribution in [1.29, 1.82) is 0 Å². The summed E-state index contributed by atoms with van der Waals surface area (Å²) in [7, 11) is 0. The summed E-state index contributed by atoms with van der Waals surface area (Å²) < 4.78 is 1.68. The topological polar surface area (TPSA) is 68.5 Å². The van der Waals surface area contributed by atoms with Gasteiger partial charge in [0.05, 0.1) is 20.9 Å². The van der Waals surface area contributed by atoms with Gasteiger partial charge in [-0.15, -0.1) is 0 Å². The minimum Gasteiger partial charge on any atom is -0.324 e. The zero-order chi connectivity index (χ0) is 18.4. The van der Waals surface area contributed by atoms with Crippen molar-refractivity contribution in [3.63, 3.8) is 0 Å². The predicted molar refractivity (Wildman–Crippen MR) is 106 cm³/mol. The van der Waals surface area contributed by atoms with E-state index in [4.69, 9.17) is 23.2 Å². The fourth-order valence-electron chi connectivity index (χ4n) is 3.03. The Morgan fingerprint density at radius 2 is 1.85 bits per heavy atom. The maximum atomic E-state index is 6.32. The summed E-state index contributed by atoms with van der Waals surface area (Å²) in [6, 6.07) is 9.20. The van der Waals surface area contributed by atoms with Gasteiger partial charge in [-0.05, 0) is 31.0 Å². The molecule has 1 aliphatic rings. The molecule has 0 saturated heterocycles. The molecule has 0 radical (unpaired) electrons. The van der Waals surface area contributed by atoms with Crippen LogP contribution in [0.25, 0.3) is 16.6 Å². The standard InChI is InChI=1S/C19H14Cl2N6/c20-13-2-1-3-14(21)18(13)27-9-12-15(26-27)6-7-22-19(12)25-17-8-16(11-4-5-11)23-10-24-17/h1-3,6-11H,4-5H2,(H,22,23,24,25). The van der Waals surface area contributed by atoms with Crippen LogP contribution in [-0.2, 0) is 0 Å². The van der Waals surface area contributed by atoms with Crippen LogP contribution in [0.1, 0.15) is 24.5 Å². The first kappa shape index (κ1) is 16.5. The lowest BCUT2D eigenvalue weighted by atomic mass is 10.2. The van der Waals surface area contributed by atoms with E-state index in [0.717, 1.165) is 22.4 Å². The fraction of sp³-hybridized carbons (Fsp3) is 0.158. The van der Waals surface area contributed by atoms with E-state index < -0.39 is 0 Å². The lowest BCUT2D eigenvalue weighted by Crippen LogP contribution is -1.98. The van der Waals surface area contributed by atoms with Gasteiger partial charge in [0.1, 0.15) is 23.7 Å². The summed E-state index contributed by atoms with van der Waals surface area (Å²) in [4.78, 5) is 13.1. The molecule has 0 amide bonds. The van der Waals surface area contributed by atoms with Crippen LogP contribution in [0.2, 0.25) is 10.0 Å². The molecule has 0 aliphatic heterocycles. The second-order valence-corrected chi connectivity index (χ2v) is 7.28. The van der Waals surface area contributed by atoms with Crippen molar-refractivity contribution in [2.45, 2.75) is 18.8 Å². The Kier molecular flexibility index (Phi) is 3.95. The summed E-state index contributed by atoms with van der Waals surface area (Å²) in [6.45, 7) is 0. The molecule has 0 spiro atoms. The summed E-state index contributed by atoms with van der Waals surface area (Å²) in [5.74, 6) is 1.94. The maximum absolute atomic E-state index is 6.32. The first-order valence-electron chi connectivity index (χ1n) is 8.57. The van der Waals surface area contributed by atoms with E-state index in [1.54, 1.807) is 35.4 Å².